The molecule has 138 valence electrons. The van der Waals surface area contributed by atoms with Crippen LogP contribution in [0.4, 0.5) is 0 Å². The predicted octanol–water partition coefficient (Wildman–Crippen LogP) is 3.11. The first-order chi connectivity index (χ1) is 12.5. The van der Waals surface area contributed by atoms with Crippen molar-refractivity contribution < 1.29 is 14.0 Å². The third kappa shape index (κ3) is 4.43. The Morgan fingerprint density at radius 2 is 2.15 bits per heavy atom. The molecule has 1 aromatic carbocycles. The molecule has 0 spiro atoms. The fourth-order valence-corrected chi connectivity index (χ4v) is 3.38. The van der Waals surface area contributed by atoms with Crippen LogP contribution < -0.4 is 5.32 Å². The Morgan fingerprint density at radius 3 is 2.92 bits per heavy atom. The van der Waals surface area contributed by atoms with Gasteiger partial charge in [-0.15, -0.1) is 0 Å². The third-order valence-electron chi connectivity index (χ3n) is 4.49. The molecule has 1 atom stereocenters. The second kappa shape index (κ2) is 8.36. The third-order valence-corrected chi connectivity index (χ3v) is 4.86. The molecule has 2 heterocycles. The number of hydrogen-bond donors (Lipinski definition) is 1. The van der Waals surface area contributed by atoms with E-state index in [1.54, 1.807) is 11.1 Å². The average molecular weight is 376 g/mol. The molecule has 1 saturated heterocycles. The number of piperidine rings is 1. The van der Waals surface area contributed by atoms with Gasteiger partial charge in [0.1, 0.15) is 11.8 Å². The maximum atomic E-state index is 12.5. The van der Waals surface area contributed by atoms with Gasteiger partial charge in [-0.25, -0.2) is 4.98 Å². The van der Waals surface area contributed by atoms with E-state index >= 15 is 0 Å². The van der Waals surface area contributed by atoms with E-state index in [0.717, 1.165) is 24.8 Å². The summed E-state index contributed by atoms with van der Waals surface area (Å²) in [7, 11) is 0. The van der Waals surface area contributed by atoms with Crippen LogP contribution in [0.1, 0.15) is 49.4 Å². The molecule has 0 bridgehead atoms. The van der Waals surface area contributed by atoms with Crippen LogP contribution in [0, 0.1) is 0 Å². The average Bonchev–Trinajstić information content (AvgIpc) is 3.10. The van der Waals surface area contributed by atoms with Crippen molar-refractivity contribution >= 4 is 23.4 Å². The number of rotatable bonds is 5. The lowest BCUT2D eigenvalue weighted by atomic mass is 10.0. The Balaban J connectivity index is 1.72. The molecule has 3 rings (SSSR count). The number of likely N-dealkylation sites (tertiary alicyclic amines) is 1. The largest absolute Gasteiger partial charge is 0.443 e. The van der Waals surface area contributed by atoms with E-state index in [1.165, 1.54) is 6.92 Å². The number of benzene rings is 1. The van der Waals surface area contributed by atoms with Crippen molar-refractivity contribution in [2.45, 2.75) is 38.6 Å². The number of carbonyl (C=O) groups excluding carboxylic acids is 2. The number of oxazole rings is 1. The standard InChI is InChI=1S/C19H22ClN3O3/c1-13(24)21-12-18(25)23-9-5-4-8-17(23)19-22-11-15(26-19)10-14-6-2-3-7-16(14)20/h2-3,6-7,11,17H,4-5,8-10,12H2,1H3,(H,21,24)/t17-/m0/s1. The second-order valence-electron chi connectivity index (χ2n) is 6.44. The molecular formula is C19H22ClN3O3. The Bertz CT molecular complexity index is 790. The molecule has 0 saturated carbocycles. The molecule has 26 heavy (non-hydrogen) atoms. The van der Waals surface area contributed by atoms with Crippen LogP contribution >= 0.6 is 11.6 Å². The van der Waals surface area contributed by atoms with E-state index in [-0.39, 0.29) is 24.4 Å². The van der Waals surface area contributed by atoms with E-state index in [2.05, 4.69) is 10.3 Å². The second-order valence-corrected chi connectivity index (χ2v) is 6.85. The first kappa shape index (κ1) is 18.5. The van der Waals surface area contributed by atoms with Gasteiger partial charge < -0.3 is 14.6 Å². The first-order valence-electron chi connectivity index (χ1n) is 8.76. The minimum Gasteiger partial charge on any atom is -0.443 e. The summed E-state index contributed by atoms with van der Waals surface area (Å²) in [5.41, 5.74) is 0.971. The smallest absolute Gasteiger partial charge is 0.242 e. The van der Waals surface area contributed by atoms with Crippen LogP contribution in [0.15, 0.2) is 34.9 Å². The van der Waals surface area contributed by atoms with Gasteiger partial charge in [0.25, 0.3) is 0 Å². The van der Waals surface area contributed by atoms with Gasteiger partial charge in [-0.3, -0.25) is 9.59 Å². The van der Waals surface area contributed by atoms with E-state index in [0.29, 0.717) is 29.6 Å². The zero-order valence-electron chi connectivity index (χ0n) is 14.7. The van der Waals surface area contributed by atoms with Crippen LogP contribution in [0.2, 0.25) is 5.02 Å². The molecule has 1 aromatic heterocycles. The topological polar surface area (TPSA) is 75.4 Å². The van der Waals surface area contributed by atoms with E-state index < -0.39 is 0 Å². The number of aromatic nitrogens is 1. The minimum absolute atomic E-state index is 0.000970. The van der Waals surface area contributed by atoms with Gasteiger partial charge in [0.05, 0.1) is 12.7 Å². The summed E-state index contributed by atoms with van der Waals surface area (Å²) in [6.07, 6.45) is 5.01. The molecule has 1 N–H and O–H groups in total. The fourth-order valence-electron chi connectivity index (χ4n) is 3.18. The van der Waals surface area contributed by atoms with Crippen molar-refractivity contribution in [3.05, 3.63) is 52.7 Å². The van der Waals surface area contributed by atoms with Crippen LogP contribution in [-0.2, 0) is 16.0 Å². The fraction of sp³-hybridized carbons (Fsp3) is 0.421. The van der Waals surface area contributed by atoms with Crippen molar-refractivity contribution in [3.8, 4) is 0 Å². The highest BCUT2D eigenvalue weighted by Crippen LogP contribution is 2.31. The number of halogens is 1. The molecule has 0 radical (unpaired) electrons. The molecule has 1 aliphatic heterocycles. The molecular weight excluding hydrogens is 354 g/mol. The number of carbonyl (C=O) groups is 2. The highest BCUT2D eigenvalue weighted by atomic mass is 35.5. The Labute approximate surface area is 157 Å². The van der Waals surface area contributed by atoms with Gasteiger partial charge in [-0.1, -0.05) is 29.8 Å². The molecule has 6 nitrogen and oxygen atoms in total. The lowest BCUT2D eigenvalue weighted by Gasteiger charge is -2.33. The highest BCUT2D eigenvalue weighted by molar-refractivity contribution is 6.31. The number of amides is 2. The molecule has 2 amide bonds. The SMILES string of the molecule is CC(=O)NCC(=O)N1CCCC[C@H]1c1ncc(Cc2ccccc2Cl)o1. The van der Waals surface area contributed by atoms with Crippen LogP contribution in [-0.4, -0.2) is 34.8 Å². The van der Waals surface area contributed by atoms with Gasteiger partial charge >= 0.3 is 0 Å². The summed E-state index contributed by atoms with van der Waals surface area (Å²) in [5, 5.41) is 3.25. The van der Waals surface area contributed by atoms with Crippen molar-refractivity contribution in [1.82, 2.24) is 15.2 Å². The van der Waals surface area contributed by atoms with Crippen molar-refractivity contribution in [1.29, 1.82) is 0 Å². The summed E-state index contributed by atoms with van der Waals surface area (Å²) >= 11 is 6.21. The summed E-state index contributed by atoms with van der Waals surface area (Å²) < 4.78 is 5.94. The lowest BCUT2D eigenvalue weighted by molar-refractivity contribution is -0.136. The zero-order chi connectivity index (χ0) is 18.5. The summed E-state index contributed by atoms with van der Waals surface area (Å²) in [5.74, 6) is 0.927. The summed E-state index contributed by atoms with van der Waals surface area (Å²) in [4.78, 5) is 29.7. The Kier molecular flexibility index (Phi) is 5.93. The molecule has 7 heteroatoms. The normalized spacial score (nSPS) is 17.2. The molecule has 1 aliphatic rings. The maximum Gasteiger partial charge on any atom is 0.242 e. The summed E-state index contributed by atoms with van der Waals surface area (Å²) in [6, 6.07) is 7.43. The maximum absolute atomic E-state index is 12.5. The van der Waals surface area contributed by atoms with Gasteiger partial charge in [0, 0.05) is 24.9 Å². The van der Waals surface area contributed by atoms with E-state index in [4.69, 9.17) is 16.0 Å². The first-order valence-corrected chi connectivity index (χ1v) is 9.14. The lowest BCUT2D eigenvalue weighted by Crippen LogP contribution is -2.44. The molecule has 0 aliphatic carbocycles. The van der Waals surface area contributed by atoms with Crippen molar-refractivity contribution in [2.24, 2.45) is 0 Å². The van der Waals surface area contributed by atoms with Gasteiger partial charge in [0.15, 0.2) is 0 Å². The minimum atomic E-state index is -0.218. The van der Waals surface area contributed by atoms with Gasteiger partial charge in [0.2, 0.25) is 17.7 Å². The molecule has 2 aromatic rings. The highest BCUT2D eigenvalue weighted by Gasteiger charge is 2.31. The monoisotopic (exact) mass is 375 g/mol. The molecule has 0 unspecified atom stereocenters. The van der Waals surface area contributed by atoms with E-state index in [9.17, 15) is 9.59 Å². The number of nitrogens with one attached hydrogen (secondary N) is 1. The Morgan fingerprint density at radius 1 is 1.35 bits per heavy atom. The number of nitrogens with zero attached hydrogens (tertiary/aromatic N) is 2. The predicted molar refractivity (Wildman–Crippen MR) is 97.7 cm³/mol. The number of hydrogen-bond acceptors (Lipinski definition) is 4. The van der Waals surface area contributed by atoms with Crippen LogP contribution in [0.3, 0.4) is 0 Å². The quantitative estimate of drug-likeness (QED) is 0.871. The van der Waals surface area contributed by atoms with Gasteiger partial charge in [-0.2, -0.15) is 0 Å². The Hall–Kier alpha value is -2.34. The van der Waals surface area contributed by atoms with Crippen LogP contribution in [0.5, 0.6) is 0 Å². The molecule has 1 fully saturated rings. The van der Waals surface area contributed by atoms with Gasteiger partial charge in [-0.05, 0) is 30.9 Å². The van der Waals surface area contributed by atoms with E-state index in [1.807, 2.05) is 24.3 Å². The summed E-state index contributed by atoms with van der Waals surface area (Å²) in [6.45, 7) is 2.04. The van der Waals surface area contributed by atoms with Crippen molar-refractivity contribution in [3.63, 3.8) is 0 Å². The van der Waals surface area contributed by atoms with Crippen LogP contribution in [0.25, 0.3) is 0 Å². The van der Waals surface area contributed by atoms with Crippen molar-refractivity contribution in [2.75, 3.05) is 13.1 Å². The zero-order valence-corrected chi connectivity index (χ0v) is 15.5.